The quantitative estimate of drug-likeness (QED) is 0.630. The molecule has 0 aliphatic carbocycles. The van der Waals surface area contributed by atoms with Gasteiger partial charge in [0.05, 0.1) is 0 Å². The maximum absolute atomic E-state index is 11.6. The van der Waals surface area contributed by atoms with Crippen molar-refractivity contribution in [3.63, 3.8) is 0 Å². The summed E-state index contributed by atoms with van der Waals surface area (Å²) >= 11 is 5.75. The number of amides is 3. The van der Waals surface area contributed by atoms with Crippen molar-refractivity contribution >= 4 is 35.2 Å². The highest BCUT2D eigenvalue weighted by Gasteiger charge is 2.20. The van der Waals surface area contributed by atoms with E-state index < -0.39 is 23.9 Å². The van der Waals surface area contributed by atoms with Crippen molar-refractivity contribution < 1.29 is 19.5 Å². The van der Waals surface area contributed by atoms with Gasteiger partial charge in [0.1, 0.15) is 6.04 Å². The van der Waals surface area contributed by atoms with Crippen LogP contribution >= 0.6 is 11.6 Å². The number of primary amides is 1. The number of carboxylic acid groups (broad SMARTS) is 1. The minimum absolute atomic E-state index is 0.0758. The summed E-state index contributed by atoms with van der Waals surface area (Å²) in [7, 11) is 0. The molecular weight excluding hydrogens is 286 g/mol. The Morgan fingerprint density at radius 3 is 2.60 bits per heavy atom. The molecule has 1 atom stereocenters. The highest BCUT2D eigenvalue weighted by molar-refractivity contribution is 6.30. The van der Waals surface area contributed by atoms with Crippen molar-refractivity contribution in [2.24, 2.45) is 5.73 Å². The molecule has 1 aromatic rings. The number of nitrogens with one attached hydrogen (secondary N) is 2. The van der Waals surface area contributed by atoms with Gasteiger partial charge in [-0.1, -0.05) is 17.7 Å². The van der Waals surface area contributed by atoms with Crippen LogP contribution in [0.4, 0.5) is 10.5 Å². The summed E-state index contributed by atoms with van der Waals surface area (Å²) in [6.07, 6.45) is -0.206. The molecule has 0 heterocycles. The molecule has 20 heavy (non-hydrogen) atoms. The summed E-state index contributed by atoms with van der Waals surface area (Å²) in [5.41, 5.74) is 5.36. The number of hydrogen-bond donors (Lipinski definition) is 4. The third kappa shape index (κ3) is 5.57. The first-order chi connectivity index (χ1) is 9.38. The first-order valence-corrected chi connectivity index (χ1v) is 6.10. The van der Waals surface area contributed by atoms with Crippen molar-refractivity contribution in [2.75, 3.05) is 5.32 Å². The van der Waals surface area contributed by atoms with E-state index in [1.165, 1.54) is 6.07 Å². The monoisotopic (exact) mass is 299 g/mol. The Kier molecular flexibility index (Phi) is 5.79. The summed E-state index contributed by atoms with van der Waals surface area (Å²) in [4.78, 5) is 33.2. The largest absolute Gasteiger partial charge is 0.480 e. The smallest absolute Gasteiger partial charge is 0.326 e. The molecule has 0 aliphatic heterocycles. The molecule has 1 rings (SSSR count). The zero-order chi connectivity index (χ0) is 15.1. The number of urea groups is 1. The van der Waals surface area contributed by atoms with E-state index in [-0.39, 0.29) is 12.8 Å². The molecule has 0 saturated carbocycles. The van der Waals surface area contributed by atoms with Gasteiger partial charge in [-0.25, -0.2) is 9.59 Å². The predicted molar refractivity (Wildman–Crippen MR) is 73.5 cm³/mol. The van der Waals surface area contributed by atoms with Gasteiger partial charge < -0.3 is 21.5 Å². The molecule has 1 aromatic carbocycles. The number of hydrogen-bond acceptors (Lipinski definition) is 3. The lowest BCUT2D eigenvalue weighted by molar-refractivity contribution is -0.139. The molecule has 0 fully saturated rings. The second kappa shape index (κ2) is 7.34. The summed E-state index contributed by atoms with van der Waals surface area (Å²) in [6, 6.07) is 4.49. The average Bonchev–Trinajstić information content (AvgIpc) is 2.33. The normalized spacial score (nSPS) is 11.4. The van der Waals surface area contributed by atoms with Gasteiger partial charge in [-0.05, 0) is 24.6 Å². The molecule has 7 nitrogen and oxygen atoms in total. The van der Waals surface area contributed by atoms with Crippen molar-refractivity contribution in [3.05, 3.63) is 29.3 Å². The molecule has 0 saturated heterocycles. The Morgan fingerprint density at radius 1 is 1.35 bits per heavy atom. The van der Waals surface area contributed by atoms with Gasteiger partial charge in [0.2, 0.25) is 5.91 Å². The van der Waals surface area contributed by atoms with E-state index in [0.717, 1.165) is 0 Å². The highest BCUT2D eigenvalue weighted by Crippen LogP contribution is 2.14. The van der Waals surface area contributed by atoms with Crippen LogP contribution in [0.15, 0.2) is 24.3 Å². The Bertz CT molecular complexity index is 521. The zero-order valence-corrected chi connectivity index (χ0v) is 11.2. The fourth-order valence-electron chi connectivity index (χ4n) is 1.44. The molecule has 8 heteroatoms. The first kappa shape index (κ1) is 15.8. The van der Waals surface area contributed by atoms with E-state index in [2.05, 4.69) is 10.6 Å². The average molecular weight is 300 g/mol. The Hall–Kier alpha value is -2.28. The molecule has 5 N–H and O–H groups in total. The molecule has 0 bridgehead atoms. The van der Waals surface area contributed by atoms with E-state index in [1.54, 1.807) is 18.2 Å². The lowest BCUT2D eigenvalue weighted by atomic mass is 10.1. The van der Waals surface area contributed by atoms with Gasteiger partial charge in [0.15, 0.2) is 0 Å². The molecular formula is C12H14ClN3O4. The number of carbonyl (C=O) groups is 3. The fraction of sp³-hybridized carbons (Fsp3) is 0.250. The van der Waals surface area contributed by atoms with Crippen LogP contribution < -0.4 is 16.4 Å². The van der Waals surface area contributed by atoms with Crippen LogP contribution in [0, 0.1) is 0 Å². The summed E-state index contributed by atoms with van der Waals surface area (Å²) < 4.78 is 0. The van der Waals surface area contributed by atoms with E-state index >= 15 is 0 Å². The van der Waals surface area contributed by atoms with Gasteiger partial charge in [0, 0.05) is 17.1 Å². The van der Waals surface area contributed by atoms with Crippen molar-refractivity contribution in [1.82, 2.24) is 5.32 Å². The van der Waals surface area contributed by atoms with E-state index in [9.17, 15) is 14.4 Å². The van der Waals surface area contributed by atoms with Crippen LogP contribution in [0.3, 0.4) is 0 Å². The third-order valence-corrected chi connectivity index (χ3v) is 2.60. The number of rotatable bonds is 6. The second-order valence-electron chi connectivity index (χ2n) is 4.00. The Morgan fingerprint density at radius 2 is 2.05 bits per heavy atom. The molecule has 0 spiro atoms. The Balaban J connectivity index is 2.57. The number of carboxylic acids is 1. The second-order valence-corrected chi connectivity index (χ2v) is 4.44. The van der Waals surface area contributed by atoms with Crippen molar-refractivity contribution in [1.29, 1.82) is 0 Å². The summed E-state index contributed by atoms with van der Waals surface area (Å²) in [5.74, 6) is -1.87. The number of halogens is 1. The Labute approximate surface area is 120 Å². The van der Waals surface area contributed by atoms with Gasteiger partial charge in [-0.15, -0.1) is 0 Å². The summed E-state index contributed by atoms with van der Waals surface area (Å²) in [6.45, 7) is 0. The number of carbonyl (C=O) groups excluding carboxylic acids is 2. The van der Waals surface area contributed by atoms with Gasteiger partial charge in [-0.2, -0.15) is 0 Å². The topological polar surface area (TPSA) is 122 Å². The maximum Gasteiger partial charge on any atom is 0.326 e. The summed E-state index contributed by atoms with van der Waals surface area (Å²) in [5, 5.41) is 14.0. The standard InChI is InChI=1S/C12H14ClN3O4/c13-7-2-1-3-8(6-7)15-12(20)16-9(11(18)19)4-5-10(14)17/h1-3,6,9H,4-5H2,(H2,14,17)(H,18,19)(H2,15,16,20). The fourth-order valence-corrected chi connectivity index (χ4v) is 1.63. The van der Waals surface area contributed by atoms with Crippen LogP contribution in [0.2, 0.25) is 5.02 Å². The maximum atomic E-state index is 11.6. The lowest BCUT2D eigenvalue weighted by Gasteiger charge is -2.14. The van der Waals surface area contributed by atoms with Crippen LogP contribution in [0.1, 0.15) is 12.8 Å². The zero-order valence-electron chi connectivity index (χ0n) is 10.4. The van der Waals surface area contributed by atoms with Crippen molar-refractivity contribution in [3.8, 4) is 0 Å². The van der Waals surface area contributed by atoms with Crippen LogP contribution in [0.5, 0.6) is 0 Å². The molecule has 1 unspecified atom stereocenters. The predicted octanol–water partition coefficient (Wildman–Crippen LogP) is 1.18. The van der Waals surface area contributed by atoms with Gasteiger partial charge in [0.25, 0.3) is 0 Å². The van der Waals surface area contributed by atoms with Crippen molar-refractivity contribution in [2.45, 2.75) is 18.9 Å². The number of benzene rings is 1. The molecule has 0 radical (unpaired) electrons. The molecule has 0 aliphatic rings. The van der Waals surface area contributed by atoms with Crippen LogP contribution in [-0.2, 0) is 9.59 Å². The number of aliphatic carboxylic acids is 1. The minimum atomic E-state index is -1.24. The van der Waals surface area contributed by atoms with E-state index in [4.69, 9.17) is 22.4 Å². The molecule has 0 aromatic heterocycles. The number of nitrogens with two attached hydrogens (primary N) is 1. The minimum Gasteiger partial charge on any atom is -0.480 e. The van der Waals surface area contributed by atoms with E-state index in [0.29, 0.717) is 10.7 Å². The van der Waals surface area contributed by atoms with Gasteiger partial charge >= 0.3 is 12.0 Å². The number of anilines is 1. The van der Waals surface area contributed by atoms with E-state index in [1.807, 2.05) is 0 Å². The SMILES string of the molecule is NC(=O)CCC(NC(=O)Nc1cccc(Cl)c1)C(=O)O. The van der Waals surface area contributed by atoms with Crippen LogP contribution in [0.25, 0.3) is 0 Å². The highest BCUT2D eigenvalue weighted by atomic mass is 35.5. The third-order valence-electron chi connectivity index (χ3n) is 2.37. The molecule has 108 valence electrons. The van der Waals surface area contributed by atoms with Crippen LogP contribution in [-0.4, -0.2) is 29.1 Å². The van der Waals surface area contributed by atoms with Gasteiger partial charge in [-0.3, -0.25) is 4.79 Å². The lowest BCUT2D eigenvalue weighted by Crippen LogP contribution is -2.43. The first-order valence-electron chi connectivity index (χ1n) is 5.72. The molecule has 3 amide bonds.